The molecule has 1 N–H and O–H groups in total. The molecule has 1 atom stereocenters. The van der Waals surface area contributed by atoms with Crippen LogP contribution < -0.4 is 10.1 Å². The third-order valence-corrected chi connectivity index (χ3v) is 4.38. The molecule has 1 unspecified atom stereocenters. The minimum Gasteiger partial charge on any atom is -0.485 e. The first-order chi connectivity index (χ1) is 8.72. The van der Waals surface area contributed by atoms with Crippen LogP contribution in [0.5, 0.6) is 5.75 Å². The zero-order valence-electron chi connectivity index (χ0n) is 10.2. The SMILES string of the molecule is Clc1cc(Cl)c2c(c1)NCC(CC1CCCC1)O2. The molecule has 0 aromatic heterocycles. The van der Waals surface area contributed by atoms with Crippen LogP contribution in [0, 0.1) is 5.92 Å². The van der Waals surface area contributed by atoms with Gasteiger partial charge in [0.1, 0.15) is 6.10 Å². The Labute approximate surface area is 118 Å². The van der Waals surface area contributed by atoms with Crippen LogP contribution in [0.3, 0.4) is 0 Å². The topological polar surface area (TPSA) is 21.3 Å². The molecule has 1 aromatic carbocycles. The smallest absolute Gasteiger partial charge is 0.161 e. The van der Waals surface area contributed by atoms with Crippen molar-refractivity contribution in [1.82, 2.24) is 0 Å². The fourth-order valence-electron chi connectivity index (χ4n) is 2.99. The summed E-state index contributed by atoms with van der Waals surface area (Å²) in [5.41, 5.74) is 0.912. The lowest BCUT2D eigenvalue weighted by atomic mass is 9.99. The summed E-state index contributed by atoms with van der Waals surface area (Å²) in [6, 6.07) is 3.61. The second kappa shape index (κ2) is 5.18. The molecule has 0 saturated heterocycles. The average molecular weight is 286 g/mol. The highest BCUT2D eigenvalue weighted by Gasteiger charge is 2.26. The molecule has 1 aromatic rings. The monoisotopic (exact) mass is 285 g/mol. The van der Waals surface area contributed by atoms with Gasteiger partial charge in [-0.25, -0.2) is 0 Å². The van der Waals surface area contributed by atoms with E-state index in [4.69, 9.17) is 27.9 Å². The van der Waals surface area contributed by atoms with E-state index >= 15 is 0 Å². The van der Waals surface area contributed by atoms with Crippen molar-refractivity contribution in [3.8, 4) is 5.75 Å². The van der Waals surface area contributed by atoms with E-state index < -0.39 is 0 Å². The van der Waals surface area contributed by atoms with E-state index in [0.29, 0.717) is 10.0 Å². The van der Waals surface area contributed by atoms with Gasteiger partial charge in [-0.2, -0.15) is 0 Å². The first kappa shape index (κ1) is 12.4. The molecule has 1 aliphatic carbocycles. The molecule has 2 aliphatic rings. The Balaban J connectivity index is 1.72. The Bertz CT molecular complexity index is 444. The number of hydrogen-bond acceptors (Lipinski definition) is 2. The molecule has 0 spiro atoms. The van der Waals surface area contributed by atoms with E-state index in [9.17, 15) is 0 Å². The van der Waals surface area contributed by atoms with E-state index in [0.717, 1.165) is 30.3 Å². The predicted molar refractivity (Wildman–Crippen MR) is 75.9 cm³/mol. The van der Waals surface area contributed by atoms with Crippen molar-refractivity contribution in [3.63, 3.8) is 0 Å². The largest absolute Gasteiger partial charge is 0.485 e. The van der Waals surface area contributed by atoms with Gasteiger partial charge in [0.15, 0.2) is 5.75 Å². The molecule has 0 bridgehead atoms. The summed E-state index contributed by atoms with van der Waals surface area (Å²) in [4.78, 5) is 0. The van der Waals surface area contributed by atoms with Crippen molar-refractivity contribution < 1.29 is 4.74 Å². The maximum Gasteiger partial charge on any atom is 0.161 e. The van der Waals surface area contributed by atoms with Crippen LogP contribution in [0.4, 0.5) is 5.69 Å². The van der Waals surface area contributed by atoms with Crippen LogP contribution in [-0.2, 0) is 0 Å². The number of ether oxygens (including phenoxy) is 1. The molecule has 1 heterocycles. The highest BCUT2D eigenvalue weighted by molar-refractivity contribution is 6.36. The maximum atomic E-state index is 6.18. The third-order valence-electron chi connectivity index (χ3n) is 3.88. The van der Waals surface area contributed by atoms with Crippen LogP contribution in [0.25, 0.3) is 0 Å². The van der Waals surface area contributed by atoms with Gasteiger partial charge in [-0.3, -0.25) is 0 Å². The summed E-state index contributed by atoms with van der Waals surface area (Å²) in [7, 11) is 0. The summed E-state index contributed by atoms with van der Waals surface area (Å²) < 4.78 is 6.03. The van der Waals surface area contributed by atoms with Crippen LogP contribution in [0.15, 0.2) is 12.1 Å². The van der Waals surface area contributed by atoms with Gasteiger partial charge < -0.3 is 10.1 Å². The minimum absolute atomic E-state index is 0.235. The Morgan fingerprint density at radius 1 is 1.22 bits per heavy atom. The van der Waals surface area contributed by atoms with Crippen LogP contribution in [-0.4, -0.2) is 12.6 Å². The van der Waals surface area contributed by atoms with Crippen molar-refractivity contribution in [2.45, 2.75) is 38.2 Å². The molecule has 0 radical (unpaired) electrons. The number of hydrogen-bond donors (Lipinski definition) is 1. The average Bonchev–Trinajstić information content (AvgIpc) is 2.83. The van der Waals surface area contributed by atoms with Gasteiger partial charge in [0, 0.05) is 5.02 Å². The number of halogens is 2. The second-order valence-electron chi connectivity index (χ2n) is 5.27. The van der Waals surface area contributed by atoms with E-state index in [1.54, 1.807) is 6.07 Å². The molecule has 1 aliphatic heterocycles. The van der Waals surface area contributed by atoms with Gasteiger partial charge in [-0.05, 0) is 24.5 Å². The summed E-state index contributed by atoms with van der Waals surface area (Å²) in [5.74, 6) is 1.58. The zero-order valence-corrected chi connectivity index (χ0v) is 11.7. The minimum atomic E-state index is 0.235. The highest BCUT2D eigenvalue weighted by atomic mass is 35.5. The molecular formula is C14H17Cl2NO. The lowest BCUT2D eigenvalue weighted by molar-refractivity contribution is 0.172. The molecule has 18 heavy (non-hydrogen) atoms. The molecule has 98 valence electrons. The second-order valence-corrected chi connectivity index (χ2v) is 6.11. The molecule has 0 amide bonds. The van der Waals surface area contributed by atoms with Gasteiger partial charge >= 0.3 is 0 Å². The molecule has 2 nitrogen and oxygen atoms in total. The van der Waals surface area contributed by atoms with Crippen molar-refractivity contribution in [3.05, 3.63) is 22.2 Å². The first-order valence-corrected chi connectivity index (χ1v) is 7.37. The van der Waals surface area contributed by atoms with Crippen molar-refractivity contribution in [1.29, 1.82) is 0 Å². The number of rotatable bonds is 2. The van der Waals surface area contributed by atoms with E-state index in [-0.39, 0.29) is 6.10 Å². The van der Waals surface area contributed by atoms with Crippen LogP contribution >= 0.6 is 23.2 Å². The number of anilines is 1. The third kappa shape index (κ3) is 2.55. The predicted octanol–water partition coefficient (Wildman–Crippen LogP) is 4.75. The summed E-state index contributed by atoms with van der Waals surface area (Å²) in [6.07, 6.45) is 6.81. The number of fused-ring (bicyclic) bond motifs is 1. The van der Waals surface area contributed by atoms with Gasteiger partial charge in [0.25, 0.3) is 0 Å². The van der Waals surface area contributed by atoms with E-state index in [1.807, 2.05) is 6.07 Å². The first-order valence-electron chi connectivity index (χ1n) is 6.62. The Morgan fingerprint density at radius 3 is 2.78 bits per heavy atom. The van der Waals surface area contributed by atoms with Gasteiger partial charge in [0.05, 0.1) is 17.3 Å². The van der Waals surface area contributed by atoms with Gasteiger partial charge in [0.2, 0.25) is 0 Å². The summed E-state index contributed by atoms with van der Waals surface area (Å²) >= 11 is 12.2. The Hall–Kier alpha value is -0.600. The quantitative estimate of drug-likeness (QED) is 0.847. The molecule has 1 saturated carbocycles. The Morgan fingerprint density at radius 2 is 2.00 bits per heavy atom. The maximum absolute atomic E-state index is 6.18. The highest BCUT2D eigenvalue weighted by Crippen LogP contribution is 2.40. The summed E-state index contributed by atoms with van der Waals surface area (Å²) in [5, 5.41) is 4.62. The van der Waals surface area contributed by atoms with E-state index in [1.165, 1.54) is 25.7 Å². The van der Waals surface area contributed by atoms with Gasteiger partial charge in [-0.1, -0.05) is 48.9 Å². The lowest BCUT2D eigenvalue weighted by Gasteiger charge is -2.29. The van der Waals surface area contributed by atoms with Crippen molar-refractivity contribution in [2.75, 3.05) is 11.9 Å². The molecule has 4 heteroatoms. The van der Waals surface area contributed by atoms with E-state index in [2.05, 4.69) is 5.32 Å². The van der Waals surface area contributed by atoms with Crippen LogP contribution in [0.1, 0.15) is 32.1 Å². The number of nitrogens with one attached hydrogen (secondary N) is 1. The number of benzene rings is 1. The summed E-state index contributed by atoms with van der Waals surface area (Å²) in [6.45, 7) is 0.847. The van der Waals surface area contributed by atoms with Crippen molar-refractivity contribution in [2.24, 2.45) is 5.92 Å². The fourth-order valence-corrected chi connectivity index (χ4v) is 3.53. The zero-order chi connectivity index (χ0) is 12.5. The Kier molecular flexibility index (Phi) is 3.58. The molecular weight excluding hydrogens is 269 g/mol. The molecule has 1 fully saturated rings. The fraction of sp³-hybridized carbons (Fsp3) is 0.571. The van der Waals surface area contributed by atoms with Gasteiger partial charge in [-0.15, -0.1) is 0 Å². The molecule has 3 rings (SSSR count). The normalized spacial score (nSPS) is 23.3. The van der Waals surface area contributed by atoms with Crippen LogP contribution in [0.2, 0.25) is 10.0 Å². The standard InChI is InChI=1S/C14H17Cl2NO/c15-10-6-12(16)14-13(7-10)17-8-11(18-14)5-9-3-1-2-4-9/h6-7,9,11,17H,1-5,8H2. The van der Waals surface area contributed by atoms with Crippen molar-refractivity contribution >= 4 is 28.9 Å². The lowest BCUT2D eigenvalue weighted by Crippen LogP contribution is -2.32.